The number of amides is 1. The molecule has 4 aromatic rings. The third-order valence-corrected chi connectivity index (χ3v) is 4.97. The Morgan fingerprint density at radius 3 is 2.88 bits per heavy atom. The van der Waals surface area contributed by atoms with Gasteiger partial charge in [0.05, 0.1) is 34.5 Å². The van der Waals surface area contributed by atoms with Gasteiger partial charge in [-0.05, 0) is 36.6 Å². The van der Waals surface area contributed by atoms with Crippen molar-refractivity contribution in [1.82, 2.24) is 15.2 Å². The van der Waals surface area contributed by atoms with Gasteiger partial charge < -0.3 is 10.1 Å². The number of nitrogens with zero attached hydrogens (tertiary/aromatic N) is 2. The van der Waals surface area contributed by atoms with E-state index in [1.807, 2.05) is 54.8 Å². The topological polar surface area (TPSA) is 79.9 Å². The van der Waals surface area contributed by atoms with Crippen LogP contribution in [0.25, 0.3) is 21.5 Å². The van der Waals surface area contributed by atoms with Crippen LogP contribution in [0.5, 0.6) is 5.75 Å². The van der Waals surface area contributed by atoms with Gasteiger partial charge in [-0.1, -0.05) is 6.07 Å². The molecule has 3 aromatic heterocycles. The zero-order chi connectivity index (χ0) is 18.1. The molecule has 0 atom stereocenters. The van der Waals surface area contributed by atoms with Crippen LogP contribution in [0.2, 0.25) is 0 Å². The van der Waals surface area contributed by atoms with E-state index >= 15 is 0 Å². The van der Waals surface area contributed by atoms with Crippen LogP contribution in [-0.2, 0) is 0 Å². The third-order valence-electron chi connectivity index (χ3n) is 4.07. The first-order chi connectivity index (χ1) is 12.6. The number of aromatic nitrogens is 3. The van der Waals surface area contributed by atoms with Crippen LogP contribution >= 0.6 is 11.3 Å². The lowest BCUT2D eigenvalue weighted by Crippen LogP contribution is -2.14. The standard InChI is InChI=1S/C19H16N4O2S/c1-11-14(8-12-5-6-13(25-2)9-15(12)20-11)19(24)21-18-10-16(22-23-18)17-4-3-7-26-17/h3-10H,1-2H3,(H2,21,22,23,24). The highest BCUT2D eigenvalue weighted by atomic mass is 32.1. The summed E-state index contributed by atoms with van der Waals surface area (Å²) in [7, 11) is 1.62. The van der Waals surface area contributed by atoms with E-state index in [2.05, 4.69) is 20.5 Å². The van der Waals surface area contributed by atoms with Crippen molar-refractivity contribution in [2.45, 2.75) is 6.92 Å². The highest BCUT2D eigenvalue weighted by molar-refractivity contribution is 7.13. The second-order valence-corrected chi connectivity index (χ2v) is 6.73. The second-order valence-electron chi connectivity index (χ2n) is 5.78. The molecule has 6 nitrogen and oxygen atoms in total. The molecule has 0 aliphatic carbocycles. The van der Waals surface area contributed by atoms with Crippen molar-refractivity contribution in [3.63, 3.8) is 0 Å². The summed E-state index contributed by atoms with van der Waals surface area (Å²) in [5.41, 5.74) is 2.83. The van der Waals surface area contributed by atoms with Crippen LogP contribution in [0.1, 0.15) is 16.1 Å². The number of ether oxygens (including phenoxy) is 1. The normalized spacial score (nSPS) is 10.8. The SMILES string of the molecule is COc1ccc2cc(C(=O)Nc3cc(-c4cccs4)[nH]n3)c(C)nc2c1. The molecule has 1 aromatic carbocycles. The van der Waals surface area contributed by atoms with Crippen LogP contribution in [0.4, 0.5) is 5.82 Å². The van der Waals surface area contributed by atoms with Gasteiger partial charge in [0.15, 0.2) is 5.82 Å². The highest BCUT2D eigenvalue weighted by Crippen LogP contribution is 2.25. The molecule has 1 amide bonds. The van der Waals surface area contributed by atoms with E-state index in [0.29, 0.717) is 17.1 Å². The monoisotopic (exact) mass is 364 g/mol. The number of thiophene rings is 1. The van der Waals surface area contributed by atoms with Gasteiger partial charge in [0.1, 0.15) is 5.75 Å². The molecule has 0 spiro atoms. The van der Waals surface area contributed by atoms with Gasteiger partial charge >= 0.3 is 0 Å². The van der Waals surface area contributed by atoms with Gasteiger partial charge in [-0.25, -0.2) is 0 Å². The van der Waals surface area contributed by atoms with Crippen LogP contribution in [-0.4, -0.2) is 28.2 Å². The number of aryl methyl sites for hydroxylation is 1. The zero-order valence-electron chi connectivity index (χ0n) is 14.2. The second kappa shape index (κ2) is 6.61. The fraction of sp³-hybridized carbons (Fsp3) is 0.105. The molecule has 26 heavy (non-hydrogen) atoms. The number of fused-ring (bicyclic) bond motifs is 1. The number of benzene rings is 1. The van der Waals surface area contributed by atoms with Gasteiger partial charge in [0.25, 0.3) is 5.91 Å². The molecule has 0 radical (unpaired) electrons. The van der Waals surface area contributed by atoms with Crippen molar-refractivity contribution < 1.29 is 9.53 Å². The van der Waals surface area contributed by atoms with Crippen molar-refractivity contribution in [3.05, 3.63) is 59.1 Å². The van der Waals surface area contributed by atoms with E-state index in [0.717, 1.165) is 27.2 Å². The van der Waals surface area contributed by atoms with Gasteiger partial charge in [0, 0.05) is 17.5 Å². The number of carbonyl (C=O) groups is 1. The molecule has 7 heteroatoms. The summed E-state index contributed by atoms with van der Waals surface area (Å²) in [4.78, 5) is 18.3. The minimum absolute atomic E-state index is 0.239. The number of aromatic amines is 1. The minimum atomic E-state index is -0.239. The average Bonchev–Trinajstić information content (AvgIpc) is 3.32. The summed E-state index contributed by atoms with van der Waals surface area (Å²) in [5, 5.41) is 12.8. The molecule has 0 fully saturated rings. The first-order valence-corrected chi connectivity index (χ1v) is 8.88. The highest BCUT2D eigenvalue weighted by Gasteiger charge is 2.14. The first-order valence-electron chi connectivity index (χ1n) is 8.00. The fourth-order valence-electron chi connectivity index (χ4n) is 2.73. The third kappa shape index (κ3) is 3.04. The van der Waals surface area contributed by atoms with Crippen molar-refractivity contribution in [1.29, 1.82) is 0 Å². The van der Waals surface area contributed by atoms with Gasteiger partial charge in [-0.3, -0.25) is 14.9 Å². The summed E-state index contributed by atoms with van der Waals surface area (Å²) in [6, 6.07) is 13.2. The lowest BCUT2D eigenvalue weighted by Gasteiger charge is -2.08. The van der Waals surface area contributed by atoms with E-state index in [4.69, 9.17) is 4.74 Å². The summed E-state index contributed by atoms with van der Waals surface area (Å²) >= 11 is 1.61. The molecule has 0 unspecified atom stereocenters. The number of anilines is 1. The van der Waals surface area contributed by atoms with E-state index in [1.54, 1.807) is 18.4 Å². The molecule has 0 saturated carbocycles. The quantitative estimate of drug-likeness (QED) is 0.567. The molecule has 0 bridgehead atoms. The van der Waals surface area contributed by atoms with Crippen molar-refractivity contribution in [2.75, 3.05) is 12.4 Å². The molecule has 4 rings (SSSR count). The molecular formula is C19H16N4O2S. The number of hydrogen-bond donors (Lipinski definition) is 2. The average molecular weight is 364 g/mol. The van der Waals surface area contributed by atoms with Crippen LogP contribution in [0.15, 0.2) is 47.8 Å². The Morgan fingerprint density at radius 2 is 2.12 bits per heavy atom. The predicted octanol–water partition coefficient (Wildman–Crippen LogP) is 4.26. The first kappa shape index (κ1) is 16.3. The van der Waals surface area contributed by atoms with Crippen LogP contribution in [0, 0.1) is 6.92 Å². The summed E-state index contributed by atoms with van der Waals surface area (Å²) in [5.74, 6) is 0.976. The van der Waals surface area contributed by atoms with Gasteiger partial charge in [-0.15, -0.1) is 11.3 Å². The Morgan fingerprint density at radius 1 is 1.23 bits per heavy atom. The number of H-pyrrole nitrogens is 1. The van der Waals surface area contributed by atoms with Crippen LogP contribution < -0.4 is 10.1 Å². The molecule has 0 aliphatic rings. The Labute approximate surface area is 153 Å². The Balaban J connectivity index is 1.61. The molecule has 2 N–H and O–H groups in total. The van der Waals surface area contributed by atoms with E-state index in [1.165, 1.54) is 0 Å². The number of nitrogens with one attached hydrogen (secondary N) is 2. The maximum absolute atomic E-state index is 12.7. The summed E-state index contributed by atoms with van der Waals surface area (Å²) < 4.78 is 5.22. The predicted molar refractivity (Wildman–Crippen MR) is 103 cm³/mol. The lowest BCUT2D eigenvalue weighted by atomic mass is 10.1. The minimum Gasteiger partial charge on any atom is -0.497 e. The molecule has 3 heterocycles. The molecule has 130 valence electrons. The number of pyridine rings is 1. The Bertz CT molecular complexity index is 1090. The number of hydrogen-bond acceptors (Lipinski definition) is 5. The molecular weight excluding hydrogens is 348 g/mol. The number of methoxy groups -OCH3 is 1. The number of rotatable bonds is 4. The van der Waals surface area contributed by atoms with Crippen molar-refractivity contribution in [3.8, 4) is 16.3 Å². The summed E-state index contributed by atoms with van der Waals surface area (Å²) in [6.45, 7) is 1.81. The van der Waals surface area contributed by atoms with Gasteiger partial charge in [-0.2, -0.15) is 5.10 Å². The number of carbonyl (C=O) groups excluding carboxylic acids is 1. The Kier molecular flexibility index (Phi) is 4.14. The largest absolute Gasteiger partial charge is 0.497 e. The molecule has 0 aliphatic heterocycles. The van der Waals surface area contributed by atoms with Crippen molar-refractivity contribution in [2.24, 2.45) is 0 Å². The summed E-state index contributed by atoms with van der Waals surface area (Å²) in [6.07, 6.45) is 0. The zero-order valence-corrected chi connectivity index (χ0v) is 15.1. The maximum atomic E-state index is 12.7. The smallest absolute Gasteiger partial charge is 0.258 e. The Hall–Kier alpha value is -3.19. The fourth-order valence-corrected chi connectivity index (χ4v) is 3.42. The maximum Gasteiger partial charge on any atom is 0.258 e. The van der Waals surface area contributed by atoms with E-state index in [-0.39, 0.29) is 5.91 Å². The van der Waals surface area contributed by atoms with Gasteiger partial charge in [0.2, 0.25) is 0 Å². The van der Waals surface area contributed by atoms with E-state index < -0.39 is 0 Å². The molecule has 0 saturated heterocycles. The van der Waals surface area contributed by atoms with Crippen molar-refractivity contribution >= 4 is 34.0 Å². The van der Waals surface area contributed by atoms with E-state index in [9.17, 15) is 4.79 Å². The van der Waals surface area contributed by atoms with Crippen LogP contribution in [0.3, 0.4) is 0 Å². The lowest BCUT2D eigenvalue weighted by molar-refractivity contribution is 0.102.